The van der Waals surface area contributed by atoms with Crippen LogP contribution >= 0.6 is 0 Å². The second kappa shape index (κ2) is 8.68. The highest BCUT2D eigenvalue weighted by molar-refractivity contribution is 5.76. The number of hydrogen-bond donors (Lipinski definition) is 3. The molecule has 0 unspecified atom stereocenters. The molecule has 0 aromatic carbocycles. The largest absolute Gasteiger partial charge is 0.394 e. The van der Waals surface area contributed by atoms with Crippen molar-refractivity contribution in [3.05, 3.63) is 0 Å². The molecule has 0 aliphatic heterocycles. The van der Waals surface area contributed by atoms with Gasteiger partial charge in [-0.2, -0.15) is 0 Å². The topological polar surface area (TPSA) is 69.6 Å². The van der Waals surface area contributed by atoms with E-state index in [0.29, 0.717) is 6.42 Å². The van der Waals surface area contributed by atoms with Crippen LogP contribution in [-0.2, 0) is 4.79 Å². The van der Waals surface area contributed by atoms with E-state index >= 15 is 0 Å². The molecular weight excluding hydrogens is 194 g/mol. The number of carbonyl (C=O) groups excluding carboxylic acids is 1. The van der Waals surface area contributed by atoms with Gasteiger partial charge < -0.3 is 15.5 Å². The van der Waals surface area contributed by atoms with Crippen molar-refractivity contribution < 1.29 is 15.0 Å². The number of aliphatic hydroxyl groups excluding tert-OH is 2. The van der Waals surface area contributed by atoms with Crippen LogP contribution in [0.2, 0.25) is 0 Å². The normalized spacial score (nSPS) is 14.7. The lowest BCUT2D eigenvalue weighted by atomic mass is 10.1. The molecule has 0 spiro atoms. The van der Waals surface area contributed by atoms with Gasteiger partial charge in [-0.25, -0.2) is 0 Å². The summed E-state index contributed by atoms with van der Waals surface area (Å²) in [6.07, 6.45) is 3.99. The molecule has 0 aromatic heterocycles. The van der Waals surface area contributed by atoms with Crippen LogP contribution in [0.15, 0.2) is 0 Å². The first-order valence-corrected chi connectivity index (χ1v) is 5.70. The summed E-state index contributed by atoms with van der Waals surface area (Å²) >= 11 is 0. The zero-order valence-corrected chi connectivity index (χ0v) is 9.70. The number of unbranched alkanes of at least 4 members (excludes halogenated alkanes) is 3. The maximum Gasteiger partial charge on any atom is 0.220 e. The Morgan fingerprint density at radius 3 is 2.47 bits per heavy atom. The van der Waals surface area contributed by atoms with Crippen LogP contribution in [0.1, 0.15) is 46.0 Å². The van der Waals surface area contributed by atoms with Crippen LogP contribution in [-0.4, -0.2) is 34.9 Å². The summed E-state index contributed by atoms with van der Waals surface area (Å²) < 4.78 is 0. The van der Waals surface area contributed by atoms with Crippen LogP contribution in [0, 0.1) is 0 Å². The first-order valence-electron chi connectivity index (χ1n) is 5.70. The fourth-order valence-corrected chi connectivity index (χ4v) is 1.31. The smallest absolute Gasteiger partial charge is 0.220 e. The lowest BCUT2D eigenvalue weighted by Gasteiger charge is -2.18. The molecule has 2 atom stereocenters. The number of rotatable bonds is 8. The van der Waals surface area contributed by atoms with Gasteiger partial charge in [-0.05, 0) is 13.3 Å². The van der Waals surface area contributed by atoms with Gasteiger partial charge in [-0.1, -0.05) is 26.2 Å². The summed E-state index contributed by atoms with van der Waals surface area (Å²) in [6.45, 7) is 3.45. The van der Waals surface area contributed by atoms with E-state index in [1.54, 1.807) is 6.92 Å². The van der Waals surface area contributed by atoms with E-state index in [9.17, 15) is 9.90 Å². The van der Waals surface area contributed by atoms with Crippen LogP contribution in [0.3, 0.4) is 0 Å². The van der Waals surface area contributed by atoms with Crippen molar-refractivity contribution in [1.29, 1.82) is 0 Å². The van der Waals surface area contributed by atoms with Crippen molar-refractivity contribution in [2.75, 3.05) is 6.61 Å². The van der Waals surface area contributed by atoms with Gasteiger partial charge in [0.25, 0.3) is 0 Å². The van der Waals surface area contributed by atoms with Gasteiger partial charge in [0.15, 0.2) is 0 Å². The molecule has 15 heavy (non-hydrogen) atoms. The van der Waals surface area contributed by atoms with Crippen molar-refractivity contribution >= 4 is 5.91 Å². The molecule has 0 fully saturated rings. The Morgan fingerprint density at radius 1 is 1.33 bits per heavy atom. The van der Waals surface area contributed by atoms with Gasteiger partial charge in [0.05, 0.1) is 18.8 Å². The molecule has 0 aliphatic carbocycles. The standard InChI is InChI=1S/C11H23NO3/c1-3-4-5-6-7-11(15)12-10(8-13)9(2)14/h9-10,13-14H,3-8H2,1-2H3,(H,12,15)/t9-,10-/m0/s1. The Morgan fingerprint density at radius 2 is 2.00 bits per heavy atom. The quantitative estimate of drug-likeness (QED) is 0.527. The first-order chi connectivity index (χ1) is 7.11. The Balaban J connectivity index is 3.62. The lowest BCUT2D eigenvalue weighted by Crippen LogP contribution is -2.44. The molecule has 0 saturated carbocycles. The molecule has 0 saturated heterocycles. The third kappa shape index (κ3) is 7.33. The van der Waals surface area contributed by atoms with Crippen molar-refractivity contribution in [3.63, 3.8) is 0 Å². The van der Waals surface area contributed by atoms with Crippen molar-refractivity contribution in [1.82, 2.24) is 5.32 Å². The molecule has 0 heterocycles. The number of aliphatic hydroxyl groups is 2. The molecule has 0 bridgehead atoms. The van der Waals surface area contributed by atoms with Crippen molar-refractivity contribution in [3.8, 4) is 0 Å². The van der Waals surface area contributed by atoms with Crippen LogP contribution in [0.4, 0.5) is 0 Å². The Hall–Kier alpha value is -0.610. The number of amides is 1. The zero-order valence-electron chi connectivity index (χ0n) is 9.70. The summed E-state index contributed by atoms with van der Waals surface area (Å²) in [5.41, 5.74) is 0. The van der Waals surface area contributed by atoms with E-state index in [1.165, 1.54) is 0 Å². The SMILES string of the molecule is CCCCCCC(=O)N[C@@H](CO)[C@H](C)O. The van der Waals surface area contributed by atoms with E-state index in [4.69, 9.17) is 5.11 Å². The van der Waals surface area contributed by atoms with E-state index in [2.05, 4.69) is 12.2 Å². The van der Waals surface area contributed by atoms with Crippen LogP contribution < -0.4 is 5.32 Å². The van der Waals surface area contributed by atoms with E-state index in [-0.39, 0.29) is 12.5 Å². The third-order valence-electron chi connectivity index (χ3n) is 2.38. The Bertz CT molecular complexity index is 171. The molecule has 0 aliphatic rings. The highest BCUT2D eigenvalue weighted by Gasteiger charge is 2.15. The van der Waals surface area contributed by atoms with E-state index in [1.807, 2.05) is 0 Å². The van der Waals surface area contributed by atoms with Crippen molar-refractivity contribution in [2.45, 2.75) is 58.1 Å². The van der Waals surface area contributed by atoms with Crippen molar-refractivity contribution in [2.24, 2.45) is 0 Å². The van der Waals surface area contributed by atoms with Crippen LogP contribution in [0.25, 0.3) is 0 Å². The van der Waals surface area contributed by atoms with Gasteiger partial charge in [-0.3, -0.25) is 4.79 Å². The Kier molecular flexibility index (Phi) is 8.33. The molecule has 0 rings (SSSR count). The number of nitrogens with one attached hydrogen (secondary N) is 1. The summed E-state index contributed by atoms with van der Waals surface area (Å²) in [5.74, 6) is -0.0916. The minimum absolute atomic E-state index is 0.0916. The lowest BCUT2D eigenvalue weighted by molar-refractivity contribution is -0.123. The average Bonchev–Trinajstić information content (AvgIpc) is 2.20. The average molecular weight is 217 g/mol. The minimum Gasteiger partial charge on any atom is -0.394 e. The maximum atomic E-state index is 11.3. The molecular formula is C11H23NO3. The maximum absolute atomic E-state index is 11.3. The second-order valence-corrected chi connectivity index (χ2v) is 3.91. The van der Waals surface area contributed by atoms with E-state index < -0.39 is 12.1 Å². The van der Waals surface area contributed by atoms with Crippen LogP contribution in [0.5, 0.6) is 0 Å². The highest BCUT2D eigenvalue weighted by Crippen LogP contribution is 2.02. The summed E-state index contributed by atoms with van der Waals surface area (Å²) in [4.78, 5) is 11.3. The first kappa shape index (κ1) is 14.4. The predicted octanol–water partition coefficient (Wildman–Crippen LogP) is 0.815. The number of hydrogen-bond acceptors (Lipinski definition) is 3. The molecule has 0 aromatic rings. The molecule has 3 N–H and O–H groups in total. The minimum atomic E-state index is -0.713. The summed E-state index contributed by atoms with van der Waals surface area (Å²) in [7, 11) is 0. The van der Waals surface area contributed by atoms with Gasteiger partial charge >= 0.3 is 0 Å². The number of carbonyl (C=O) groups is 1. The fraction of sp³-hybridized carbons (Fsp3) is 0.909. The predicted molar refractivity (Wildman–Crippen MR) is 59.5 cm³/mol. The third-order valence-corrected chi connectivity index (χ3v) is 2.38. The monoisotopic (exact) mass is 217 g/mol. The molecule has 1 amide bonds. The molecule has 90 valence electrons. The van der Waals surface area contributed by atoms with E-state index in [0.717, 1.165) is 25.7 Å². The highest BCUT2D eigenvalue weighted by atomic mass is 16.3. The zero-order chi connectivity index (χ0) is 11.7. The van der Waals surface area contributed by atoms with Gasteiger partial charge in [0.2, 0.25) is 5.91 Å². The van der Waals surface area contributed by atoms with Gasteiger partial charge in [0, 0.05) is 6.42 Å². The second-order valence-electron chi connectivity index (χ2n) is 3.91. The molecule has 4 nitrogen and oxygen atoms in total. The van der Waals surface area contributed by atoms with Gasteiger partial charge in [-0.15, -0.1) is 0 Å². The summed E-state index contributed by atoms with van der Waals surface area (Å²) in [6, 6.07) is -0.538. The fourth-order valence-electron chi connectivity index (χ4n) is 1.31. The van der Waals surface area contributed by atoms with Gasteiger partial charge in [0.1, 0.15) is 0 Å². The summed E-state index contributed by atoms with van der Waals surface area (Å²) in [5, 5.41) is 20.7. The molecule has 0 radical (unpaired) electrons. The Labute approximate surface area is 91.7 Å². The molecule has 4 heteroatoms.